The SMILES string of the molecule is CC(C)OCC(O)COc1ccc(C(C)C)cc1. The lowest BCUT2D eigenvalue weighted by molar-refractivity contribution is -0.0122. The lowest BCUT2D eigenvalue weighted by atomic mass is 10.0. The third-order valence-electron chi connectivity index (χ3n) is 2.61. The molecule has 0 aliphatic heterocycles. The number of hydrogen-bond acceptors (Lipinski definition) is 3. The van der Waals surface area contributed by atoms with Gasteiger partial charge in [0.15, 0.2) is 0 Å². The summed E-state index contributed by atoms with van der Waals surface area (Å²) in [7, 11) is 0. The van der Waals surface area contributed by atoms with Crippen LogP contribution in [0.5, 0.6) is 5.75 Å². The zero-order valence-corrected chi connectivity index (χ0v) is 11.7. The molecule has 0 amide bonds. The van der Waals surface area contributed by atoms with E-state index in [0.717, 1.165) is 5.75 Å². The molecular formula is C15H24O3. The lowest BCUT2D eigenvalue weighted by Crippen LogP contribution is -2.25. The molecule has 0 aliphatic rings. The van der Waals surface area contributed by atoms with E-state index in [1.54, 1.807) is 0 Å². The maximum atomic E-state index is 9.65. The van der Waals surface area contributed by atoms with Gasteiger partial charge in [0.1, 0.15) is 18.5 Å². The Labute approximate surface area is 110 Å². The van der Waals surface area contributed by atoms with Gasteiger partial charge >= 0.3 is 0 Å². The summed E-state index contributed by atoms with van der Waals surface area (Å²) in [5.74, 6) is 1.30. The van der Waals surface area contributed by atoms with Gasteiger partial charge in [-0.2, -0.15) is 0 Å². The summed E-state index contributed by atoms with van der Waals surface area (Å²) in [6, 6.07) is 7.98. The third-order valence-corrected chi connectivity index (χ3v) is 2.61. The smallest absolute Gasteiger partial charge is 0.119 e. The molecule has 0 fully saturated rings. The fourth-order valence-electron chi connectivity index (χ4n) is 1.49. The normalized spacial score (nSPS) is 13.1. The first-order valence-corrected chi connectivity index (χ1v) is 6.51. The van der Waals surface area contributed by atoms with Crippen molar-refractivity contribution in [2.24, 2.45) is 0 Å². The number of benzene rings is 1. The van der Waals surface area contributed by atoms with Crippen LogP contribution in [0.25, 0.3) is 0 Å². The molecule has 1 rings (SSSR count). The monoisotopic (exact) mass is 252 g/mol. The molecule has 0 bridgehead atoms. The van der Waals surface area contributed by atoms with Gasteiger partial charge in [0, 0.05) is 0 Å². The van der Waals surface area contributed by atoms with Crippen molar-refractivity contribution in [2.45, 2.75) is 45.8 Å². The van der Waals surface area contributed by atoms with Gasteiger partial charge in [0.05, 0.1) is 12.7 Å². The first-order chi connectivity index (χ1) is 8.49. The molecule has 0 saturated carbocycles. The highest BCUT2D eigenvalue weighted by Gasteiger charge is 2.07. The highest BCUT2D eigenvalue weighted by Crippen LogP contribution is 2.18. The molecule has 3 nitrogen and oxygen atoms in total. The molecule has 3 heteroatoms. The number of aliphatic hydroxyl groups excluding tert-OH is 1. The Morgan fingerprint density at radius 1 is 1.00 bits per heavy atom. The van der Waals surface area contributed by atoms with Gasteiger partial charge in [-0.1, -0.05) is 26.0 Å². The van der Waals surface area contributed by atoms with Crippen molar-refractivity contribution >= 4 is 0 Å². The van der Waals surface area contributed by atoms with Crippen molar-refractivity contribution in [2.75, 3.05) is 13.2 Å². The quantitative estimate of drug-likeness (QED) is 0.811. The van der Waals surface area contributed by atoms with Crippen molar-refractivity contribution in [1.82, 2.24) is 0 Å². The first-order valence-electron chi connectivity index (χ1n) is 6.51. The van der Waals surface area contributed by atoms with Crippen LogP contribution < -0.4 is 4.74 Å². The summed E-state index contributed by atoms with van der Waals surface area (Å²) in [5, 5.41) is 9.65. The van der Waals surface area contributed by atoms with Crippen LogP contribution in [0.1, 0.15) is 39.2 Å². The predicted octanol–water partition coefficient (Wildman–Crippen LogP) is 2.97. The molecule has 0 spiro atoms. The fraction of sp³-hybridized carbons (Fsp3) is 0.600. The molecule has 18 heavy (non-hydrogen) atoms. The molecule has 0 aliphatic carbocycles. The van der Waals surface area contributed by atoms with E-state index in [4.69, 9.17) is 9.47 Å². The zero-order valence-electron chi connectivity index (χ0n) is 11.7. The van der Waals surface area contributed by atoms with E-state index in [-0.39, 0.29) is 12.7 Å². The Hall–Kier alpha value is -1.06. The fourth-order valence-corrected chi connectivity index (χ4v) is 1.49. The molecule has 1 atom stereocenters. The zero-order chi connectivity index (χ0) is 13.5. The molecule has 0 aromatic heterocycles. The highest BCUT2D eigenvalue weighted by molar-refractivity contribution is 5.28. The molecule has 0 saturated heterocycles. The van der Waals surface area contributed by atoms with Gasteiger partial charge in [0.25, 0.3) is 0 Å². The Balaban J connectivity index is 2.34. The van der Waals surface area contributed by atoms with E-state index in [1.807, 2.05) is 26.0 Å². The summed E-state index contributed by atoms with van der Waals surface area (Å²) in [6.45, 7) is 8.76. The van der Waals surface area contributed by atoms with E-state index < -0.39 is 6.10 Å². The van der Waals surface area contributed by atoms with E-state index in [0.29, 0.717) is 12.5 Å². The second kappa shape index (κ2) is 7.39. The maximum Gasteiger partial charge on any atom is 0.119 e. The highest BCUT2D eigenvalue weighted by atomic mass is 16.5. The molecule has 102 valence electrons. The van der Waals surface area contributed by atoms with E-state index >= 15 is 0 Å². The van der Waals surface area contributed by atoms with Crippen molar-refractivity contribution in [3.8, 4) is 5.75 Å². The minimum atomic E-state index is -0.586. The molecule has 1 aromatic carbocycles. The van der Waals surface area contributed by atoms with Crippen LogP contribution in [-0.4, -0.2) is 30.5 Å². The second-order valence-electron chi connectivity index (χ2n) is 5.07. The number of rotatable bonds is 7. The number of ether oxygens (including phenoxy) is 2. The van der Waals surface area contributed by atoms with Crippen molar-refractivity contribution in [1.29, 1.82) is 0 Å². The number of hydrogen-bond donors (Lipinski definition) is 1. The topological polar surface area (TPSA) is 38.7 Å². The minimum absolute atomic E-state index is 0.130. The Bertz CT molecular complexity index is 330. The van der Waals surface area contributed by atoms with Crippen LogP contribution in [0, 0.1) is 0 Å². The molecule has 1 N–H and O–H groups in total. The molecule has 0 radical (unpaired) electrons. The van der Waals surface area contributed by atoms with Gasteiger partial charge in [-0.05, 0) is 37.5 Å². The number of aliphatic hydroxyl groups is 1. The summed E-state index contributed by atoms with van der Waals surface area (Å²) < 4.78 is 10.8. The first kappa shape index (κ1) is 15.0. The average Bonchev–Trinajstić information content (AvgIpc) is 2.34. The average molecular weight is 252 g/mol. The summed E-state index contributed by atoms with van der Waals surface area (Å²) >= 11 is 0. The van der Waals surface area contributed by atoms with Crippen LogP contribution >= 0.6 is 0 Å². The van der Waals surface area contributed by atoms with Gasteiger partial charge in [-0.25, -0.2) is 0 Å². The molecule has 1 unspecified atom stereocenters. The second-order valence-corrected chi connectivity index (χ2v) is 5.07. The van der Waals surface area contributed by atoms with Crippen molar-refractivity contribution in [3.63, 3.8) is 0 Å². The Morgan fingerprint density at radius 2 is 1.61 bits per heavy atom. The van der Waals surface area contributed by atoms with Crippen LogP contribution in [0.4, 0.5) is 0 Å². The molecular weight excluding hydrogens is 228 g/mol. The Morgan fingerprint density at radius 3 is 2.11 bits per heavy atom. The minimum Gasteiger partial charge on any atom is -0.491 e. The summed E-state index contributed by atoms with van der Waals surface area (Å²) in [5.41, 5.74) is 1.28. The van der Waals surface area contributed by atoms with Gasteiger partial charge in [0.2, 0.25) is 0 Å². The van der Waals surface area contributed by atoms with Crippen molar-refractivity contribution < 1.29 is 14.6 Å². The van der Waals surface area contributed by atoms with Gasteiger partial charge < -0.3 is 14.6 Å². The van der Waals surface area contributed by atoms with Gasteiger partial charge in [-0.3, -0.25) is 0 Å². The Kier molecular flexibility index (Phi) is 6.16. The third kappa shape index (κ3) is 5.52. The summed E-state index contributed by atoms with van der Waals surface area (Å²) in [6.07, 6.45) is -0.456. The maximum absolute atomic E-state index is 9.65. The predicted molar refractivity (Wildman–Crippen MR) is 73.1 cm³/mol. The molecule has 0 heterocycles. The van der Waals surface area contributed by atoms with Crippen LogP contribution in [0.2, 0.25) is 0 Å². The van der Waals surface area contributed by atoms with E-state index in [2.05, 4.69) is 26.0 Å². The van der Waals surface area contributed by atoms with Crippen LogP contribution in [0.3, 0.4) is 0 Å². The van der Waals surface area contributed by atoms with Crippen LogP contribution in [0.15, 0.2) is 24.3 Å². The molecule has 1 aromatic rings. The van der Waals surface area contributed by atoms with Gasteiger partial charge in [-0.15, -0.1) is 0 Å². The lowest BCUT2D eigenvalue weighted by Gasteiger charge is -2.15. The summed E-state index contributed by atoms with van der Waals surface area (Å²) in [4.78, 5) is 0. The largest absolute Gasteiger partial charge is 0.491 e. The van der Waals surface area contributed by atoms with E-state index in [9.17, 15) is 5.11 Å². The van der Waals surface area contributed by atoms with E-state index in [1.165, 1.54) is 5.56 Å². The van der Waals surface area contributed by atoms with Crippen molar-refractivity contribution in [3.05, 3.63) is 29.8 Å². The standard InChI is InChI=1S/C15H24O3/c1-11(2)13-5-7-15(8-6-13)18-10-14(16)9-17-12(3)4/h5-8,11-12,14,16H,9-10H2,1-4H3. The van der Waals surface area contributed by atoms with Crippen LogP contribution in [-0.2, 0) is 4.74 Å².